The minimum Gasteiger partial charge on any atom is -0.444 e. The van der Waals surface area contributed by atoms with E-state index in [9.17, 15) is 37.2 Å². The number of carbonyl (C=O) groups is 4. The first-order valence-corrected chi connectivity index (χ1v) is 15.8. The predicted molar refractivity (Wildman–Crippen MR) is 149 cm³/mol. The minimum atomic E-state index is -3.89. The van der Waals surface area contributed by atoms with Crippen molar-refractivity contribution in [3.63, 3.8) is 0 Å². The second-order valence-electron chi connectivity index (χ2n) is 12.0. The van der Waals surface area contributed by atoms with Gasteiger partial charge >= 0.3 is 6.09 Å². The van der Waals surface area contributed by atoms with Gasteiger partial charge < -0.3 is 20.2 Å². The molecule has 3 fully saturated rings. The summed E-state index contributed by atoms with van der Waals surface area (Å²) in [5.74, 6) is -3.60. The van der Waals surface area contributed by atoms with Crippen molar-refractivity contribution < 1.29 is 41.9 Å². The molecule has 4 amide bonds. The zero-order chi connectivity index (χ0) is 31.3. The van der Waals surface area contributed by atoms with E-state index >= 15 is 0 Å². The average molecular weight is 622 g/mol. The Balaban J connectivity index is 1.32. The fraction of sp³-hybridized carbons (Fsp3) is 0.571. The Kier molecular flexibility index (Phi) is 8.26. The molecule has 2 heterocycles. The van der Waals surface area contributed by atoms with E-state index in [0.29, 0.717) is 24.0 Å². The smallest absolute Gasteiger partial charge is 0.410 e. The van der Waals surface area contributed by atoms with Crippen LogP contribution in [0, 0.1) is 17.7 Å². The first kappa shape index (κ1) is 30.9. The van der Waals surface area contributed by atoms with Crippen molar-refractivity contribution in [2.24, 2.45) is 11.8 Å². The van der Waals surface area contributed by atoms with E-state index in [1.54, 1.807) is 26.0 Å². The Morgan fingerprint density at radius 3 is 2.51 bits per heavy atom. The van der Waals surface area contributed by atoms with E-state index in [4.69, 9.17) is 4.74 Å². The van der Waals surface area contributed by atoms with Crippen LogP contribution in [0.1, 0.15) is 50.7 Å². The van der Waals surface area contributed by atoms with Crippen molar-refractivity contribution >= 4 is 33.8 Å². The van der Waals surface area contributed by atoms with E-state index in [1.165, 1.54) is 21.9 Å². The fourth-order valence-electron chi connectivity index (χ4n) is 5.79. The highest BCUT2D eigenvalue weighted by Crippen LogP contribution is 2.45. The number of hydrogen-bond donors (Lipinski definition) is 4. The number of likely N-dealkylation sites (tertiary alicyclic amines) is 1. The van der Waals surface area contributed by atoms with Crippen LogP contribution in [0.2, 0.25) is 0 Å². The van der Waals surface area contributed by atoms with Gasteiger partial charge in [-0.05, 0) is 36.8 Å². The van der Waals surface area contributed by atoms with Crippen LogP contribution < -0.4 is 15.5 Å². The standard InChI is InChI=1S/C28H36FN5O8S/c1-4-17-11-28(17,26(37)32-43(40,41)19-8-9-19)30-24(35)22-10-18(13-34(22)25(36)23(31-39)15(2)3)42-27(38)33-12-16-6-5-7-21(29)20(16)14-33/h4-7,15,17-19,22-23,31,39H,1,8-14H2,2-3H3,(H,30,35)(H,32,37)/t17-,18-,22+,23+,28-/m1/s1. The van der Waals surface area contributed by atoms with Crippen molar-refractivity contribution in [1.29, 1.82) is 0 Å². The summed E-state index contributed by atoms with van der Waals surface area (Å²) < 4.78 is 46.9. The van der Waals surface area contributed by atoms with Gasteiger partial charge in [-0.25, -0.2) is 17.6 Å². The van der Waals surface area contributed by atoms with Gasteiger partial charge in [-0.3, -0.25) is 24.0 Å². The summed E-state index contributed by atoms with van der Waals surface area (Å²) >= 11 is 0. The molecule has 234 valence electrons. The Morgan fingerprint density at radius 2 is 1.93 bits per heavy atom. The van der Waals surface area contributed by atoms with Crippen LogP contribution in [-0.4, -0.2) is 82.8 Å². The van der Waals surface area contributed by atoms with Crippen LogP contribution in [0.25, 0.3) is 0 Å². The molecule has 1 aromatic rings. The van der Waals surface area contributed by atoms with Crippen LogP contribution in [0.4, 0.5) is 9.18 Å². The van der Waals surface area contributed by atoms with Crippen LogP contribution >= 0.6 is 0 Å². The molecule has 0 spiro atoms. The summed E-state index contributed by atoms with van der Waals surface area (Å²) in [6.45, 7) is 7.03. The molecular formula is C28H36FN5O8S. The van der Waals surface area contributed by atoms with Crippen molar-refractivity contribution in [3.8, 4) is 0 Å². The van der Waals surface area contributed by atoms with Crippen LogP contribution in [0.15, 0.2) is 30.9 Å². The zero-order valence-electron chi connectivity index (χ0n) is 23.9. The number of halogens is 1. The van der Waals surface area contributed by atoms with Crippen LogP contribution in [0.5, 0.6) is 0 Å². The lowest BCUT2D eigenvalue weighted by molar-refractivity contribution is -0.144. The summed E-state index contributed by atoms with van der Waals surface area (Å²) in [6.07, 6.45) is 0.665. The van der Waals surface area contributed by atoms with Crippen molar-refractivity contribution in [2.75, 3.05) is 6.54 Å². The van der Waals surface area contributed by atoms with Crippen molar-refractivity contribution in [3.05, 3.63) is 47.8 Å². The summed E-state index contributed by atoms with van der Waals surface area (Å²) in [5.41, 5.74) is 1.45. The maximum absolute atomic E-state index is 14.2. The topological polar surface area (TPSA) is 174 Å². The Morgan fingerprint density at radius 1 is 1.21 bits per heavy atom. The van der Waals surface area contributed by atoms with Gasteiger partial charge in [0.15, 0.2) is 0 Å². The molecule has 0 unspecified atom stereocenters. The number of ether oxygens (including phenoxy) is 1. The van der Waals surface area contributed by atoms with E-state index in [0.717, 1.165) is 0 Å². The Hall–Kier alpha value is -3.56. The SMILES string of the molecule is C=C[C@@H]1C[C@]1(NC(=O)[C@@H]1C[C@@H](OC(=O)N2Cc3cccc(F)c3C2)CN1C(=O)[C@@H](NO)C(C)C)C(=O)NS(=O)(=O)C1CC1. The summed E-state index contributed by atoms with van der Waals surface area (Å²) in [5, 5.41) is 11.7. The number of nitrogens with zero attached hydrogens (tertiary/aromatic N) is 2. The molecule has 2 aliphatic heterocycles. The third kappa shape index (κ3) is 5.97. The summed E-state index contributed by atoms with van der Waals surface area (Å²) in [6, 6.07) is 2.29. The average Bonchev–Trinajstić information content (AvgIpc) is 3.83. The van der Waals surface area contributed by atoms with Gasteiger partial charge in [-0.15, -0.1) is 6.58 Å². The Bertz CT molecular complexity index is 1450. The first-order chi connectivity index (χ1) is 20.3. The number of benzene rings is 1. The quantitative estimate of drug-likeness (QED) is 0.219. The highest BCUT2D eigenvalue weighted by Gasteiger charge is 2.62. The lowest BCUT2D eigenvalue weighted by Crippen LogP contribution is -2.58. The number of rotatable bonds is 10. The number of amides is 4. The molecule has 43 heavy (non-hydrogen) atoms. The van der Waals surface area contributed by atoms with E-state index in [-0.39, 0.29) is 38.4 Å². The lowest BCUT2D eigenvalue weighted by Gasteiger charge is -2.30. The number of hydrogen-bond acceptors (Lipinski definition) is 9. The van der Waals surface area contributed by atoms with E-state index in [1.807, 2.05) is 5.48 Å². The molecule has 4 aliphatic rings. The number of carbonyl (C=O) groups excluding carboxylic acids is 4. The molecule has 13 nitrogen and oxygen atoms in total. The number of fused-ring (bicyclic) bond motifs is 1. The second-order valence-corrected chi connectivity index (χ2v) is 14.0. The molecule has 2 aliphatic carbocycles. The van der Waals surface area contributed by atoms with Gasteiger partial charge in [0, 0.05) is 24.4 Å². The van der Waals surface area contributed by atoms with Crippen molar-refractivity contribution in [2.45, 2.75) is 81.6 Å². The largest absolute Gasteiger partial charge is 0.444 e. The van der Waals surface area contributed by atoms with Gasteiger partial charge in [-0.1, -0.05) is 32.1 Å². The number of sulfonamides is 1. The third-order valence-electron chi connectivity index (χ3n) is 8.62. The molecule has 1 saturated heterocycles. The van der Waals surface area contributed by atoms with Crippen LogP contribution in [-0.2, 0) is 42.2 Å². The van der Waals surface area contributed by atoms with Crippen molar-refractivity contribution in [1.82, 2.24) is 25.3 Å². The number of hydroxylamine groups is 1. The van der Waals surface area contributed by atoms with Gasteiger partial charge in [-0.2, -0.15) is 5.48 Å². The molecule has 1 aromatic carbocycles. The Labute approximate surface area is 248 Å². The van der Waals surface area contributed by atoms with E-state index < -0.39 is 74.5 Å². The molecule has 5 rings (SSSR count). The normalized spacial score (nSPS) is 27.0. The van der Waals surface area contributed by atoms with Gasteiger partial charge in [0.1, 0.15) is 29.5 Å². The molecule has 2 saturated carbocycles. The maximum Gasteiger partial charge on any atom is 0.410 e. The highest BCUT2D eigenvalue weighted by atomic mass is 32.2. The molecule has 15 heteroatoms. The highest BCUT2D eigenvalue weighted by molar-refractivity contribution is 7.91. The molecule has 4 N–H and O–H groups in total. The summed E-state index contributed by atoms with van der Waals surface area (Å²) in [4.78, 5) is 55.9. The van der Waals surface area contributed by atoms with Gasteiger partial charge in [0.2, 0.25) is 21.8 Å². The fourth-order valence-corrected chi connectivity index (χ4v) is 7.15. The zero-order valence-corrected chi connectivity index (χ0v) is 24.7. The summed E-state index contributed by atoms with van der Waals surface area (Å²) in [7, 11) is -3.89. The van der Waals surface area contributed by atoms with Gasteiger partial charge in [0.25, 0.3) is 5.91 Å². The van der Waals surface area contributed by atoms with E-state index in [2.05, 4.69) is 16.6 Å². The second kappa shape index (κ2) is 11.5. The first-order valence-electron chi connectivity index (χ1n) is 14.2. The van der Waals surface area contributed by atoms with Crippen LogP contribution in [0.3, 0.4) is 0 Å². The predicted octanol–water partition coefficient (Wildman–Crippen LogP) is 0.920. The number of nitrogens with one attached hydrogen (secondary N) is 3. The van der Waals surface area contributed by atoms with Gasteiger partial charge in [0.05, 0.1) is 18.3 Å². The third-order valence-corrected chi connectivity index (χ3v) is 10.4. The molecule has 0 bridgehead atoms. The molecule has 0 aromatic heterocycles. The molecule has 0 radical (unpaired) electrons. The monoisotopic (exact) mass is 621 g/mol. The molecular weight excluding hydrogens is 585 g/mol. The molecule has 5 atom stereocenters. The lowest BCUT2D eigenvalue weighted by atomic mass is 10.0. The maximum atomic E-state index is 14.2. The minimum absolute atomic E-state index is 0.00825.